The van der Waals surface area contributed by atoms with Gasteiger partial charge in [-0.25, -0.2) is 8.42 Å². The molecule has 0 atom stereocenters. The lowest BCUT2D eigenvalue weighted by molar-refractivity contribution is 0.581. The molecule has 1 heterocycles. The van der Waals surface area contributed by atoms with Crippen molar-refractivity contribution in [2.75, 3.05) is 5.75 Å². The maximum absolute atomic E-state index is 11.8. The Morgan fingerprint density at radius 3 is 2.61 bits per heavy atom. The third-order valence-electron chi connectivity index (χ3n) is 3.26. The zero-order chi connectivity index (χ0) is 13.3. The molecule has 0 bridgehead atoms. The number of aryl methyl sites for hydroxylation is 2. The topological polar surface area (TPSA) is 39.1 Å². The summed E-state index contributed by atoms with van der Waals surface area (Å²) in [6.45, 7) is 6.02. The van der Waals surface area contributed by atoms with Crippen LogP contribution in [0.15, 0.2) is 30.5 Å². The molecule has 0 aliphatic carbocycles. The van der Waals surface area contributed by atoms with Crippen molar-refractivity contribution in [1.82, 2.24) is 4.57 Å². The molecule has 0 saturated heterocycles. The van der Waals surface area contributed by atoms with Crippen LogP contribution in [-0.4, -0.2) is 24.0 Å². The maximum Gasteiger partial charge on any atom is 0.154 e. The quantitative estimate of drug-likeness (QED) is 0.852. The van der Waals surface area contributed by atoms with Gasteiger partial charge in [0.2, 0.25) is 0 Å². The Bertz CT molecular complexity index is 653. The van der Waals surface area contributed by atoms with E-state index >= 15 is 0 Å². The Balaban J connectivity index is 2.25. The van der Waals surface area contributed by atoms with Crippen LogP contribution in [0, 0.1) is 6.92 Å². The van der Waals surface area contributed by atoms with E-state index in [0.717, 1.165) is 10.9 Å². The lowest BCUT2D eigenvalue weighted by atomic mass is 10.2. The van der Waals surface area contributed by atoms with E-state index in [4.69, 9.17) is 0 Å². The van der Waals surface area contributed by atoms with Crippen molar-refractivity contribution in [2.45, 2.75) is 32.6 Å². The highest BCUT2D eigenvalue weighted by Crippen LogP contribution is 2.17. The maximum atomic E-state index is 11.8. The molecule has 0 aliphatic rings. The van der Waals surface area contributed by atoms with E-state index in [1.54, 1.807) is 13.8 Å². The normalized spacial score (nSPS) is 12.4. The molecule has 98 valence electrons. The van der Waals surface area contributed by atoms with Crippen molar-refractivity contribution in [3.8, 4) is 0 Å². The first kappa shape index (κ1) is 13.1. The first-order valence-electron chi connectivity index (χ1n) is 6.17. The van der Waals surface area contributed by atoms with Gasteiger partial charge in [-0.3, -0.25) is 0 Å². The number of benzene rings is 1. The molecule has 4 heteroatoms. The summed E-state index contributed by atoms with van der Waals surface area (Å²) >= 11 is 0. The van der Waals surface area contributed by atoms with E-state index < -0.39 is 9.84 Å². The van der Waals surface area contributed by atoms with Crippen LogP contribution in [0.2, 0.25) is 0 Å². The predicted molar refractivity (Wildman–Crippen MR) is 75.6 cm³/mol. The first-order valence-corrected chi connectivity index (χ1v) is 7.89. The monoisotopic (exact) mass is 265 g/mol. The first-order chi connectivity index (χ1) is 8.40. The van der Waals surface area contributed by atoms with Gasteiger partial charge in [0.1, 0.15) is 0 Å². The fraction of sp³-hybridized carbons (Fsp3) is 0.429. The summed E-state index contributed by atoms with van der Waals surface area (Å²) in [6, 6.07) is 8.25. The second-order valence-corrected chi connectivity index (χ2v) is 7.66. The van der Waals surface area contributed by atoms with Crippen molar-refractivity contribution < 1.29 is 8.42 Å². The van der Waals surface area contributed by atoms with Crippen molar-refractivity contribution in [2.24, 2.45) is 0 Å². The van der Waals surface area contributed by atoms with Crippen LogP contribution in [0.3, 0.4) is 0 Å². The second kappa shape index (κ2) is 4.76. The van der Waals surface area contributed by atoms with E-state index in [0.29, 0.717) is 6.54 Å². The minimum atomic E-state index is -2.97. The average molecular weight is 265 g/mol. The van der Waals surface area contributed by atoms with E-state index in [-0.39, 0.29) is 11.0 Å². The molecule has 1 aromatic heterocycles. The Labute approximate surface area is 108 Å². The smallest absolute Gasteiger partial charge is 0.154 e. The highest BCUT2D eigenvalue weighted by molar-refractivity contribution is 7.91. The summed E-state index contributed by atoms with van der Waals surface area (Å²) in [4.78, 5) is 0. The van der Waals surface area contributed by atoms with Gasteiger partial charge in [0.05, 0.1) is 11.0 Å². The molecule has 2 rings (SSSR count). The minimum absolute atomic E-state index is 0.197. The summed E-state index contributed by atoms with van der Waals surface area (Å²) in [7, 11) is -2.97. The Kier molecular flexibility index (Phi) is 3.48. The van der Waals surface area contributed by atoms with Gasteiger partial charge in [-0.05, 0) is 43.9 Å². The summed E-state index contributed by atoms with van der Waals surface area (Å²) in [6.07, 6.45) is 1.96. The van der Waals surface area contributed by atoms with Crippen LogP contribution in [0.25, 0.3) is 10.9 Å². The second-order valence-electron chi connectivity index (χ2n) is 4.99. The van der Waals surface area contributed by atoms with E-state index in [9.17, 15) is 8.42 Å². The van der Waals surface area contributed by atoms with Crippen LogP contribution in [-0.2, 0) is 16.4 Å². The van der Waals surface area contributed by atoms with Crippen molar-refractivity contribution in [3.05, 3.63) is 36.0 Å². The van der Waals surface area contributed by atoms with Gasteiger partial charge in [-0.2, -0.15) is 0 Å². The highest BCUT2D eigenvalue weighted by Gasteiger charge is 2.16. The molecule has 0 fully saturated rings. The van der Waals surface area contributed by atoms with Gasteiger partial charge in [0.15, 0.2) is 9.84 Å². The van der Waals surface area contributed by atoms with Crippen molar-refractivity contribution >= 4 is 20.7 Å². The molecule has 2 aromatic rings. The molecule has 18 heavy (non-hydrogen) atoms. The number of hydrogen-bond donors (Lipinski definition) is 0. The summed E-state index contributed by atoms with van der Waals surface area (Å²) < 4.78 is 25.6. The number of rotatable bonds is 4. The van der Waals surface area contributed by atoms with Gasteiger partial charge in [-0.1, -0.05) is 12.1 Å². The zero-order valence-electron chi connectivity index (χ0n) is 11.1. The highest BCUT2D eigenvalue weighted by atomic mass is 32.2. The fourth-order valence-corrected chi connectivity index (χ4v) is 2.87. The molecule has 0 radical (unpaired) electrons. The number of aromatic nitrogens is 1. The summed E-state index contributed by atoms with van der Waals surface area (Å²) in [5, 5.41) is 0.851. The van der Waals surface area contributed by atoms with Crippen molar-refractivity contribution in [1.29, 1.82) is 0 Å². The average Bonchev–Trinajstić information content (AvgIpc) is 2.68. The third kappa shape index (κ3) is 2.58. The van der Waals surface area contributed by atoms with Gasteiger partial charge in [0.25, 0.3) is 0 Å². The molecule has 0 unspecified atom stereocenters. The van der Waals surface area contributed by atoms with Gasteiger partial charge in [-0.15, -0.1) is 0 Å². The fourth-order valence-electron chi connectivity index (χ4n) is 1.95. The number of hydrogen-bond acceptors (Lipinski definition) is 2. The Morgan fingerprint density at radius 1 is 1.22 bits per heavy atom. The molecule has 1 aromatic carbocycles. The Hall–Kier alpha value is -1.29. The third-order valence-corrected chi connectivity index (χ3v) is 5.45. The molecule has 3 nitrogen and oxygen atoms in total. The molecule has 0 N–H and O–H groups in total. The SMILES string of the molecule is Cc1ccc2ccn(CCS(=O)(=O)C(C)C)c2c1. The molecule has 0 spiro atoms. The van der Waals surface area contributed by atoms with E-state index in [1.807, 2.05) is 23.8 Å². The predicted octanol–water partition coefficient (Wildman–Crippen LogP) is 2.77. The number of sulfone groups is 1. The summed E-state index contributed by atoms with van der Waals surface area (Å²) in [5.74, 6) is 0.197. The van der Waals surface area contributed by atoms with Crippen LogP contribution in [0.4, 0.5) is 0 Å². The lowest BCUT2D eigenvalue weighted by Gasteiger charge is -2.09. The zero-order valence-corrected chi connectivity index (χ0v) is 11.9. The molecule has 0 amide bonds. The van der Waals surface area contributed by atoms with Crippen LogP contribution in [0.1, 0.15) is 19.4 Å². The van der Waals surface area contributed by atoms with Crippen LogP contribution in [0.5, 0.6) is 0 Å². The Morgan fingerprint density at radius 2 is 1.94 bits per heavy atom. The largest absolute Gasteiger partial charge is 0.346 e. The van der Waals surface area contributed by atoms with Gasteiger partial charge >= 0.3 is 0 Å². The lowest BCUT2D eigenvalue weighted by Crippen LogP contribution is -2.20. The molecular formula is C14H19NO2S. The minimum Gasteiger partial charge on any atom is -0.346 e. The standard InChI is InChI=1S/C14H19NO2S/c1-11(2)18(16,17)9-8-15-7-6-13-5-4-12(3)10-14(13)15/h4-7,10-11H,8-9H2,1-3H3. The van der Waals surface area contributed by atoms with Crippen LogP contribution < -0.4 is 0 Å². The molecule has 0 saturated carbocycles. The molecule has 0 aliphatic heterocycles. The van der Waals surface area contributed by atoms with E-state index in [2.05, 4.69) is 18.2 Å². The van der Waals surface area contributed by atoms with Gasteiger partial charge in [0, 0.05) is 18.3 Å². The number of nitrogens with zero attached hydrogens (tertiary/aromatic N) is 1. The van der Waals surface area contributed by atoms with Crippen molar-refractivity contribution in [3.63, 3.8) is 0 Å². The summed E-state index contributed by atoms with van der Waals surface area (Å²) in [5.41, 5.74) is 2.29. The molecular weight excluding hydrogens is 246 g/mol. The van der Waals surface area contributed by atoms with E-state index in [1.165, 1.54) is 5.56 Å². The number of fused-ring (bicyclic) bond motifs is 1. The van der Waals surface area contributed by atoms with Gasteiger partial charge < -0.3 is 4.57 Å². The van der Waals surface area contributed by atoms with Crippen LogP contribution >= 0.6 is 0 Å².